The average Bonchev–Trinajstić information content (AvgIpc) is 2.93. The van der Waals surface area contributed by atoms with Crippen LogP contribution in [0.25, 0.3) is 10.9 Å². The number of aryl methyl sites for hydroxylation is 1. The molecule has 3 aromatic carbocycles. The minimum Gasteiger partial charge on any atom is -0.497 e. The molecule has 0 atom stereocenters. The summed E-state index contributed by atoms with van der Waals surface area (Å²) in [6, 6.07) is 18.1. The van der Waals surface area contributed by atoms with Crippen molar-refractivity contribution in [2.45, 2.75) is 34.2 Å². The van der Waals surface area contributed by atoms with Crippen molar-refractivity contribution in [3.05, 3.63) is 87.7 Å². The number of anilines is 1. The number of pyridine rings is 1. The summed E-state index contributed by atoms with van der Waals surface area (Å²) in [5.74, 6) is 1.62. The number of methoxy groups -OCH3 is 1. The fraction of sp³-hybridized carbons (Fsp3) is 0.290. The van der Waals surface area contributed by atoms with Crippen LogP contribution in [0.5, 0.6) is 23.0 Å². The van der Waals surface area contributed by atoms with Crippen LogP contribution in [0.15, 0.2) is 65.5 Å². The van der Waals surface area contributed by atoms with Crippen LogP contribution in [0.3, 0.4) is 0 Å². The van der Waals surface area contributed by atoms with Gasteiger partial charge in [-0.3, -0.25) is 9.59 Å². The second-order valence-electron chi connectivity index (χ2n) is 8.90. The molecule has 1 aromatic heterocycles. The highest BCUT2D eigenvalue weighted by atomic mass is 16.5. The van der Waals surface area contributed by atoms with Crippen molar-refractivity contribution >= 4 is 22.5 Å². The Labute approximate surface area is 228 Å². The van der Waals surface area contributed by atoms with Crippen LogP contribution < -0.4 is 29.4 Å². The van der Waals surface area contributed by atoms with Gasteiger partial charge in [0.1, 0.15) is 5.75 Å². The second kappa shape index (κ2) is 12.4. The van der Waals surface area contributed by atoms with Crippen LogP contribution in [0.4, 0.5) is 5.69 Å². The van der Waals surface area contributed by atoms with Crippen LogP contribution in [-0.2, 0) is 6.54 Å². The van der Waals surface area contributed by atoms with E-state index >= 15 is 0 Å². The number of carbonyl (C=O) groups excluding carboxylic acids is 1. The van der Waals surface area contributed by atoms with E-state index in [1.165, 1.54) is 0 Å². The largest absolute Gasteiger partial charge is 0.497 e. The van der Waals surface area contributed by atoms with Gasteiger partial charge in [-0.2, -0.15) is 0 Å². The number of carbonyl (C=O) groups is 1. The molecule has 1 amide bonds. The zero-order valence-electron chi connectivity index (χ0n) is 23.0. The first-order valence-corrected chi connectivity index (χ1v) is 13.0. The highest BCUT2D eigenvalue weighted by Gasteiger charge is 2.24. The number of benzene rings is 3. The third-order valence-corrected chi connectivity index (χ3v) is 6.19. The molecule has 0 spiro atoms. The van der Waals surface area contributed by atoms with Gasteiger partial charge >= 0.3 is 0 Å². The molecule has 0 aliphatic carbocycles. The molecule has 0 saturated heterocycles. The quantitative estimate of drug-likeness (QED) is 0.260. The first kappa shape index (κ1) is 27.6. The number of aromatic amines is 1. The molecule has 8 nitrogen and oxygen atoms in total. The van der Waals surface area contributed by atoms with Gasteiger partial charge in [-0.05, 0) is 87.2 Å². The number of fused-ring (bicyclic) bond motifs is 1. The van der Waals surface area contributed by atoms with E-state index in [4.69, 9.17) is 18.9 Å². The molecule has 1 N–H and O–H groups in total. The molecule has 0 aliphatic heterocycles. The Balaban J connectivity index is 1.82. The van der Waals surface area contributed by atoms with E-state index in [1.807, 2.05) is 52.0 Å². The maximum Gasteiger partial charge on any atom is 0.258 e. The Morgan fingerprint density at radius 1 is 0.846 bits per heavy atom. The molecule has 0 bridgehead atoms. The van der Waals surface area contributed by atoms with E-state index in [-0.39, 0.29) is 18.0 Å². The molecular formula is C31H34N2O6. The Morgan fingerprint density at radius 3 is 2.08 bits per heavy atom. The summed E-state index contributed by atoms with van der Waals surface area (Å²) in [5.41, 5.74) is 2.95. The monoisotopic (exact) mass is 530 g/mol. The lowest BCUT2D eigenvalue weighted by Gasteiger charge is -2.24. The third-order valence-electron chi connectivity index (χ3n) is 6.19. The molecule has 4 aromatic rings. The van der Waals surface area contributed by atoms with Crippen molar-refractivity contribution < 1.29 is 23.7 Å². The van der Waals surface area contributed by atoms with Gasteiger partial charge in [-0.25, -0.2) is 0 Å². The first-order valence-electron chi connectivity index (χ1n) is 13.0. The average molecular weight is 531 g/mol. The molecule has 204 valence electrons. The zero-order valence-corrected chi connectivity index (χ0v) is 23.0. The molecule has 0 saturated carbocycles. The van der Waals surface area contributed by atoms with E-state index < -0.39 is 0 Å². The van der Waals surface area contributed by atoms with Crippen molar-refractivity contribution in [2.75, 3.05) is 31.8 Å². The minimum absolute atomic E-state index is 0.0471. The van der Waals surface area contributed by atoms with Gasteiger partial charge in [0.2, 0.25) is 5.75 Å². The Morgan fingerprint density at radius 2 is 1.49 bits per heavy atom. The molecular weight excluding hydrogens is 496 g/mol. The molecule has 0 aliphatic rings. The standard InChI is InChI=1S/C31H34N2O6/c1-6-37-27-17-22(18-28(38-7-2)29(27)39-8-3)31(35)33(24-11-13-25(36-5)14-12-24)19-23-16-21-10-9-20(4)15-26(21)32-30(23)34/h9-18H,6-8,19H2,1-5H3,(H,32,34). The number of aromatic nitrogens is 1. The van der Waals surface area contributed by atoms with Crippen LogP contribution in [-0.4, -0.2) is 37.8 Å². The molecule has 1 heterocycles. The highest BCUT2D eigenvalue weighted by molar-refractivity contribution is 6.07. The van der Waals surface area contributed by atoms with Crippen LogP contribution >= 0.6 is 0 Å². The van der Waals surface area contributed by atoms with Crippen LogP contribution in [0.1, 0.15) is 42.3 Å². The first-order chi connectivity index (χ1) is 18.9. The number of hydrogen-bond acceptors (Lipinski definition) is 6. The number of nitrogens with one attached hydrogen (secondary N) is 1. The topological polar surface area (TPSA) is 90.1 Å². The van der Waals surface area contributed by atoms with Gasteiger partial charge in [-0.1, -0.05) is 12.1 Å². The summed E-state index contributed by atoms with van der Waals surface area (Å²) >= 11 is 0. The van der Waals surface area contributed by atoms with Gasteiger partial charge in [0, 0.05) is 22.3 Å². The number of amides is 1. The Kier molecular flexibility index (Phi) is 8.76. The predicted molar refractivity (Wildman–Crippen MR) is 153 cm³/mol. The smallest absolute Gasteiger partial charge is 0.258 e. The number of hydrogen-bond donors (Lipinski definition) is 1. The van der Waals surface area contributed by atoms with Gasteiger partial charge in [0.25, 0.3) is 11.5 Å². The lowest BCUT2D eigenvalue weighted by atomic mass is 10.1. The summed E-state index contributed by atoms with van der Waals surface area (Å²) in [4.78, 5) is 31.7. The van der Waals surface area contributed by atoms with Gasteiger partial charge in [0.05, 0.1) is 33.5 Å². The van der Waals surface area contributed by atoms with Crippen LogP contribution in [0, 0.1) is 6.92 Å². The number of ether oxygens (including phenoxy) is 4. The van der Waals surface area contributed by atoms with E-state index in [9.17, 15) is 9.59 Å². The van der Waals surface area contributed by atoms with Gasteiger partial charge in [0.15, 0.2) is 11.5 Å². The van der Waals surface area contributed by atoms with Gasteiger partial charge in [-0.15, -0.1) is 0 Å². The van der Waals surface area contributed by atoms with E-state index in [0.29, 0.717) is 59.6 Å². The lowest BCUT2D eigenvalue weighted by Crippen LogP contribution is -2.33. The summed E-state index contributed by atoms with van der Waals surface area (Å²) in [5, 5.41) is 0.885. The molecule has 0 fully saturated rings. The second-order valence-corrected chi connectivity index (χ2v) is 8.90. The van der Waals surface area contributed by atoms with Crippen molar-refractivity contribution in [3.8, 4) is 23.0 Å². The fourth-order valence-corrected chi connectivity index (χ4v) is 4.36. The summed E-state index contributed by atoms with van der Waals surface area (Å²) in [6.45, 7) is 8.80. The SMILES string of the molecule is CCOc1cc(C(=O)N(Cc2cc3ccc(C)cc3[nH]c2=O)c2ccc(OC)cc2)cc(OCC)c1OCC. The Hall–Kier alpha value is -4.46. The van der Waals surface area contributed by atoms with E-state index in [0.717, 1.165) is 16.5 Å². The molecule has 8 heteroatoms. The van der Waals surface area contributed by atoms with Gasteiger partial charge < -0.3 is 28.8 Å². The third kappa shape index (κ3) is 6.17. The molecule has 39 heavy (non-hydrogen) atoms. The number of nitrogens with zero attached hydrogens (tertiary/aromatic N) is 1. The maximum atomic E-state index is 14.1. The molecule has 0 radical (unpaired) electrons. The number of H-pyrrole nitrogens is 1. The summed E-state index contributed by atoms with van der Waals surface area (Å²) < 4.78 is 22.8. The molecule has 0 unspecified atom stereocenters. The van der Waals surface area contributed by atoms with E-state index in [2.05, 4.69) is 4.98 Å². The van der Waals surface area contributed by atoms with E-state index in [1.54, 1.807) is 48.4 Å². The summed E-state index contributed by atoms with van der Waals surface area (Å²) in [7, 11) is 1.58. The van der Waals surface area contributed by atoms with Crippen molar-refractivity contribution in [1.29, 1.82) is 0 Å². The van der Waals surface area contributed by atoms with Crippen molar-refractivity contribution in [1.82, 2.24) is 4.98 Å². The minimum atomic E-state index is -0.325. The molecule has 4 rings (SSSR count). The Bertz CT molecular complexity index is 1480. The fourth-order valence-electron chi connectivity index (χ4n) is 4.36. The summed E-state index contributed by atoms with van der Waals surface area (Å²) in [6.07, 6.45) is 0. The normalized spacial score (nSPS) is 10.8. The highest BCUT2D eigenvalue weighted by Crippen LogP contribution is 2.40. The van der Waals surface area contributed by atoms with Crippen LogP contribution in [0.2, 0.25) is 0 Å². The zero-order chi connectivity index (χ0) is 27.9. The van der Waals surface area contributed by atoms with Crippen molar-refractivity contribution in [2.24, 2.45) is 0 Å². The maximum absolute atomic E-state index is 14.1. The number of rotatable bonds is 11. The predicted octanol–water partition coefficient (Wildman–Crippen LogP) is 5.89. The lowest BCUT2D eigenvalue weighted by molar-refractivity contribution is 0.0984. The van der Waals surface area contributed by atoms with Crippen molar-refractivity contribution in [3.63, 3.8) is 0 Å².